The molecular weight excluding hydrogens is 426 g/mol. The number of amides is 1. The van der Waals surface area contributed by atoms with Crippen LogP contribution in [0.5, 0.6) is 0 Å². The predicted molar refractivity (Wildman–Crippen MR) is 118 cm³/mol. The van der Waals surface area contributed by atoms with Gasteiger partial charge in [-0.2, -0.15) is 0 Å². The van der Waals surface area contributed by atoms with Gasteiger partial charge < -0.3 is 13.9 Å². The standard InChI is InChI=1S/C22H21N7O4/c30-20(7-5-17-6-8-21(33-17)29(31)32)26-12-9-16(10-13-26)22-23-11-14-27(22)15-28-19-4-2-1-3-18(19)24-25-28/h1-8,11,14,16H,9-10,12-13,15H2. The van der Waals surface area contributed by atoms with E-state index in [2.05, 4.69) is 19.9 Å². The van der Waals surface area contributed by atoms with Gasteiger partial charge in [-0.3, -0.25) is 14.9 Å². The highest BCUT2D eigenvalue weighted by Crippen LogP contribution is 2.27. The van der Waals surface area contributed by atoms with Gasteiger partial charge in [0.2, 0.25) is 5.91 Å². The van der Waals surface area contributed by atoms with Gasteiger partial charge in [0.15, 0.2) is 0 Å². The molecular formula is C22H21N7O4. The first-order valence-electron chi connectivity index (χ1n) is 10.6. The summed E-state index contributed by atoms with van der Waals surface area (Å²) in [6.07, 6.45) is 8.16. The molecule has 1 aliphatic rings. The fourth-order valence-corrected chi connectivity index (χ4v) is 4.11. The largest absolute Gasteiger partial charge is 0.433 e. The van der Waals surface area contributed by atoms with Gasteiger partial charge in [0.05, 0.1) is 11.6 Å². The summed E-state index contributed by atoms with van der Waals surface area (Å²) in [5.74, 6) is 0.977. The van der Waals surface area contributed by atoms with Crippen LogP contribution in [0.1, 0.15) is 30.3 Å². The first-order chi connectivity index (χ1) is 16.1. The van der Waals surface area contributed by atoms with Gasteiger partial charge in [-0.1, -0.05) is 17.3 Å². The summed E-state index contributed by atoms with van der Waals surface area (Å²) in [5.41, 5.74) is 1.81. The molecule has 0 unspecified atom stereocenters. The van der Waals surface area contributed by atoms with Crippen LogP contribution in [-0.2, 0) is 11.5 Å². The van der Waals surface area contributed by atoms with Crippen molar-refractivity contribution in [2.45, 2.75) is 25.4 Å². The topological polar surface area (TPSA) is 125 Å². The molecule has 0 aliphatic carbocycles. The summed E-state index contributed by atoms with van der Waals surface area (Å²) in [6, 6.07) is 10.6. The summed E-state index contributed by atoms with van der Waals surface area (Å²) in [7, 11) is 0. The number of carbonyl (C=O) groups excluding carboxylic acids is 1. The van der Waals surface area contributed by atoms with Crippen LogP contribution in [0.15, 0.2) is 59.3 Å². The number of hydrogen-bond donors (Lipinski definition) is 0. The minimum atomic E-state index is -0.612. The lowest BCUT2D eigenvalue weighted by Crippen LogP contribution is -2.37. The molecule has 168 valence electrons. The number of nitro groups is 1. The number of nitrogens with zero attached hydrogens (tertiary/aromatic N) is 7. The van der Waals surface area contributed by atoms with Crippen molar-refractivity contribution in [3.05, 3.63) is 76.6 Å². The second-order valence-corrected chi connectivity index (χ2v) is 7.84. The maximum Gasteiger partial charge on any atom is 0.433 e. The second kappa shape index (κ2) is 8.69. The van der Waals surface area contributed by atoms with Crippen molar-refractivity contribution in [1.82, 2.24) is 29.4 Å². The van der Waals surface area contributed by atoms with E-state index in [1.165, 1.54) is 24.3 Å². The molecule has 0 radical (unpaired) electrons. The van der Waals surface area contributed by atoms with Crippen molar-refractivity contribution in [3.8, 4) is 0 Å². The number of piperidine rings is 1. The van der Waals surface area contributed by atoms with E-state index in [1.807, 2.05) is 35.1 Å². The number of aromatic nitrogens is 5. The molecule has 1 amide bonds. The average Bonchev–Trinajstić information content (AvgIpc) is 3.58. The van der Waals surface area contributed by atoms with Crippen molar-refractivity contribution < 1.29 is 14.1 Å². The van der Waals surface area contributed by atoms with Crippen LogP contribution in [0.25, 0.3) is 17.1 Å². The summed E-state index contributed by atoms with van der Waals surface area (Å²) in [6.45, 7) is 1.73. The van der Waals surface area contributed by atoms with Crippen LogP contribution in [0.2, 0.25) is 0 Å². The van der Waals surface area contributed by atoms with Gasteiger partial charge in [-0.05, 0) is 37.1 Å². The minimum absolute atomic E-state index is 0.148. The van der Waals surface area contributed by atoms with Crippen LogP contribution in [0.3, 0.4) is 0 Å². The molecule has 1 aromatic carbocycles. The first kappa shape index (κ1) is 20.6. The smallest absolute Gasteiger partial charge is 0.401 e. The molecule has 5 rings (SSSR count). The molecule has 1 fully saturated rings. The zero-order valence-corrected chi connectivity index (χ0v) is 17.6. The Morgan fingerprint density at radius 2 is 2.03 bits per heavy atom. The van der Waals surface area contributed by atoms with Crippen molar-refractivity contribution in [1.29, 1.82) is 0 Å². The van der Waals surface area contributed by atoms with E-state index in [1.54, 1.807) is 11.1 Å². The van der Waals surface area contributed by atoms with E-state index >= 15 is 0 Å². The third-order valence-electron chi connectivity index (χ3n) is 5.81. The van der Waals surface area contributed by atoms with Gasteiger partial charge in [-0.15, -0.1) is 5.10 Å². The lowest BCUT2D eigenvalue weighted by molar-refractivity contribution is -0.402. The maximum atomic E-state index is 12.5. The van der Waals surface area contributed by atoms with Crippen molar-refractivity contribution in [2.75, 3.05) is 13.1 Å². The fraction of sp³-hybridized carbons (Fsp3) is 0.273. The van der Waals surface area contributed by atoms with E-state index in [0.717, 1.165) is 29.7 Å². The molecule has 3 aromatic heterocycles. The number of para-hydroxylation sites is 1. The Kier molecular flexibility index (Phi) is 5.43. The number of fused-ring (bicyclic) bond motifs is 1. The van der Waals surface area contributed by atoms with Crippen molar-refractivity contribution in [3.63, 3.8) is 0 Å². The number of benzene rings is 1. The number of carbonyl (C=O) groups is 1. The molecule has 0 saturated carbocycles. The zero-order valence-electron chi connectivity index (χ0n) is 17.6. The van der Waals surface area contributed by atoms with Crippen LogP contribution >= 0.6 is 0 Å². The van der Waals surface area contributed by atoms with E-state index in [-0.39, 0.29) is 23.5 Å². The van der Waals surface area contributed by atoms with Crippen molar-refractivity contribution >= 4 is 28.9 Å². The Hall–Kier alpha value is -4.28. The third kappa shape index (κ3) is 4.25. The first-order valence-corrected chi connectivity index (χ1v) is 10.6. The van der Waals surface area contributed by atoms with Gasteiger partial charge in [0.25, 0.3) is 0 Å². The van der Waals surface area contributed by atoms with Crippen LogP contribution in [-0.4, -0.2) is 53.4 Å². The molecule has 11 heteroatoms. The molecule has 4 heterocycles. The van der Waals surface area contributed by atoms with E-state index < -0.39 is 4.92 Å². The molecule has 4 aromatic rings. The molecule has 33 heavy (non-hydrogen) atoms. The van der Waals surface area contributed by atoms with E-state index in [0.29, 0.717) is 19.8 Å². The Morgan fingerprint density at radius 1 is 1.21 bits per heavy atom. The Labute approximate surface area is 188 Å². The number of hydrogen-bond acceptors (Lipinski definition) is 7. The average molecular weight is 447 g/mol. The highest BCUT2D eigenvalue weighted by molar-refractivity contribution is 5.91. The number of furan rings is 1. The minimum Gasteiger partial charge on any atom is -0.401 e. The lowest BCUT2D eigenvalue weighted by Gasteiger charge is -2.31. The summed E-state index contributed by atoms with van der Waals surface area (Å²) >= 11 is 0. The van der Waals surface area contributed by atoms with Gasteiger partial charge in [0.1, 0.15) is 28.7 Å². The molecule has 1 saturated heterocycles. The van der Waals surface area contributed by atoms with Gasteiger partial charge in [-0.25, -0.2) is 9.67 Å². The molecule has 0 N–H and O–H groups in total. The molecule has 1 aliphatic heterocycles. The molecule has 0 spiro atoms. The summed E-state index contributed by atoms with van der Waals surface area (Å²) in [4.78, 5) is 29.0. The van der Waals surface area contributed by atoms with Crippen LogP contribution < -0.4 is 0 Å². The third-order valence-corrected chi connectivity index (χ3v) is 5.81. The zero-order chi connectivity index (χ0) is 22.8. The lowest BCUT2D eigenvalue weighted by atomic mass is 9.96. The van der Waals surface area contributed by atoms with E-state index in [9.17, 15) is 14.9 Å². The second-order valence-electron chi connectivity index (χ2n) is 7.84. The Balaban J connectivity index is 1.21. The van der Waals surface area contributed by atoms with Gasteiger partial charge >= 0.3 is 5.88 Å². The Bertz CT molecular complexity index is 1330. The fourth-order valence-electron chi connectivity index (χ4n) is 4.11. The number of likely N-dealkylation sites (tertiary alicyclic amines) is 1. The summed E-state index contributed by atoms with van der Waals surface area (Å²) in [5, 5.41) is 19.2. The van der Waals surface area contributed by atoms with E-state index in [4.69, 9.17) is 4.42 Å². The van der Waals surface area contributed by atoms with Crippen LogP contribution in [0.4, 0.5) is 5.88 Å². The van der Waals surface area contributed by atoms with Crippen LogP contribution in [0, 0.1) is 10.1 Å². The normalized spacial score (nSPS) is 15.0. The molecule has 0 atom stereocenters. The summed E-state index contributed by atoms with van der Waals surface area (Å²) < 4.78 is 8.98. The van der Waals surface area contributed by atoms with Gasteiger partial charge in [0, 0.05) is 37.5 Å². The Morgan fingerprint density at radius 3 is 2.82 bits per heavy atom. The number of imidazole rings is 1. The molecule has 11 nitrogen and oxygen atoms in total. The maximum absolute atomic E-state index is 12.5. The number of rotatable bonds is 6. The monoisotopic (exact) mass is 447 g/mol. The van der Waals surface area contributed by atoms with Crippen molar-refractivity contribution in [2.24, 2.45) is 0 Å². The highest BCUT2D eigenvalue weighted by atomic mass is 16.6. The highest BCUT2D eigenvalue weighted by Gasteiger charge is 2.26. The SMILES string of the molecule is O=C(C=Cc1ccc([N+](=O)[O-])o1)N1CCC(c2nccn2Cn2nnc3ccccc32)CC1. The predicted octanol–water partition coefficient (Wildman–Crippen LogP) is 3.05. The quantitative estimate of drug-likeness (QED) is 0.253. The molecule has 0 bridgehead atoms.